The van der Waals surface area contributed by atoms with Crippen LogP contribution in [0, 0.1) is 0 Å². The molecule has 0 aliphatic carbocycles. The van der Waals surface area contributed by atoms with Gasteiger partial charge in [-0.2, -0.15) is 0 Å². The number of hydrogen-bond donors (Lipinski definition) is 0. The van der Waals surface area contributed by atoms with Gasteiger partial charge in [0, 0.05) is 0 Å². The van der Waals surface area contributed by atoms with E-state index in [9.17, 15) is 0 Å². The predicted octanol–water partition coefficient (Wildman–Crippen LogP) is 4.83. The third-order valence-electron chi connectivity index (χ3n) is 2.68. The Balaban J connectivity index is 2.26. The largest absolute Gasteiger partial charge is 0.479 e. The van der Waals surface area contributed by atoms with Crippen LogP contribution in [-0.4, -0.2) is 11.0 Å². The molecule has 0 aliphatic heterocycles. The number of rotatable bonds is 4. The highest BCUT2D eigenvalue weighted by atomic mass is 32.2. The van der Waals surface area contributed by atoms with Crippen LogP contribution in [0.2, 0.25) is 0 Å². The van der Waals surface area contributed by atoms with Crippen molar-refractivity contribution < 1.29 is 4.74 Å². The topological polar surface area (TPSA) is 9.23 Å². The highest BCUT2D eigenvalue weighted by Gasteiger charge is 2.17. The molecular formula is C16H16OS2. The Morgan fingerprint density at radius 1 is 1.00 bits per heavy atom. The van der Waals surface area contributed by atoms with E-state index in [1.807, 2.05) is 19.1 Å². The lowest BCUT2D eigenvalue weighted by atomic mass is 10.0. The molecule has 0 aromatic heterocycles. The monoisotopic (exact) mass is 288 g/mol. The summed E-state index contributed by atoms with van der Waals surface area (Å²) in [5, 5.41) is 0.182. The summed E-state index contributed by atoms with van der Waals surface area (Å²) < 4.78 is 6.01. The van der Waals surface area contributed by atoms with E-state index in [4.69, 9.17) is 17.0 Å². The Morgan fingerprint density at radius 3 is 1.89 bits per heavy atom. The van der Waals surface area contributed by atoms with Gasteiger partial charge in [0.25, 0.3) is 0 Å². The number of hydrogen-bond acceptors (Lipinski definition) is 3. The molecule has 0 unspecified atom stereocenters. The minimum absolute atomic E-state index is 0.182. The van der Waals surface area contributed by atoms with E-state index < -0.39 is 0 Å². The molecule has 0 atom stereocenters. The van der Waals surface area contributed by atoms with Crippen molar-refractivity contribution in [3.8, 4) is 0 Å². The number of thiocarbonyl (C=S) groups is 1. The van der Waals surface area contributed by atoms with Crippen molar-refractivity contribution in [3.05, 3.63) is 71.8 Å². The normalized spacial score (nSPS) is 10.4. The molecule has 0 N–H and O–H groups in total. The van der Waals surface area contributed by atoms with E-state index in [0.717, 1.165) is 0 Å². The molecule has 0 bridgehead atoms. The molecule has 2 aromatic carbocycles. The van der Waals surface area contributed by atoms with Gasteiger partial charge in [0.05, 0.1) is 11.9 Å². The lowest BCUT2D eigenvalue weighted by molar-refractivity contribution is 0.346. The van der Waals surface area contributed by atoms with Gasteiger partial charge in [-0.05, 0) is 30.3 Å². The first-order chi connectivity index (χ1) is 9.31. The van der Waals surface area contributed by atoms with Gasteiger partial charge in [0.2, 0.25) is 4.38 Å². The van der Waals surface area contributed by atoms with Crippen molar-refractivity contribution in [2.45, 2.75) is 12.2 Å². The minimum atomic E-state index is 0.182. The summed E-state index contributed by atoms with van der Waals surface area (Å²) in [5.74, 6) is 0. The molecule has 1 nitrogen and oxygen atoms in total. The van der Waals surface area contributed by atoms with Crippen LogP contribution < -0.4 is 0 Å². The summed E-state index contributed by atoms with van der Waals surface area (Å²) in [6.45, 7) is 2.56. The molecule has 3 heteroatoms. The summed E-state index contributed by atoms with van der Waals surface area (Å²) in [5.41, 5.74) is 2.47. The van der Waals surface area contributed by atoms with Crippen LogP contribution in [0.4, 0.5) is 0 Å². The summed E-state index contributed by atoms with van der Waals surface area (Å²) in [6, 6.07) is 20.8. The molecule has 2 rings (SSSR count). The molecule has 0 spiro atoms. The van der Waals surface area contributed by atoms with Crippen LogP contribution >= 0.6 is 24.0 Å². The van der Waals surface area contributed by atoms with Crippen molar-refractivity contribution in [2.75, 3.05) is 6.61 Å². The fourth-order valence-corrected chi connectivity index (χ4v) is 3.20. The lowest BCUT2D eigenvalue weighted by Gasteiger charge is -2.17. The van der Waals surface area contributed by atoms with Crippen LogP contribution in [0.25, 0.3) is 0 Å². The molecule has 0 fully saturated rings. The highest BCUT2D eigenvalue weighted by molar-refractivity contribution is 8.22. The van der Waals surface area contributed by atoms with Gasteiger partial charge >= 0.3 is 0 Å². The van der Waals surface area contributed by atoms with Gasteiger partial charge < -0.3 is 4.74 Å². The maximum Gasteiger partial charge on any atom is 0.220 e. The van der Waals surface area contributed by atoms with E-state index in [0.29, 0.717) is 11.0 Å². The second-order valence-corrected chi connectivity index (χ2v) is 5.71. The Morgan fingerprint density at radius 2 is 1.47 bits per heavy atom. The Hall–Kier alpha value is -1.32. The lowest BCUT2D eigenvalue weighted by Crippen LogP contribution is -2.03. The molecule has 19 heavy (non-hydrogen) atoms. The predicted molar refractivity (Wildman–Crippen MR) is 86.5 cm³/mol. The van der Waals surface area contributed by atoms with Crippen LogP contribution in [0.5, 0.6) is 0 Å². The van der Waals surface area contributed by atoms with Crippen molar-refractivity contribution in [1.82, 2.24) is 0 Å². The smallest absolute Gasteiger partial charge is 0.220 e. The average molecular weight is 288 g/mol. The first kappa shape index (κ1) is 14.1. The number of thioether (sulfide) groups is 1. The fraction of sp³-hybridized carbons (Fsp3) is 0.188. The van der Waals surface area contributed by atoms with Crippen LogP contribution in [0.1, 0.15) is 23.3 Å². The third kappa shape index (κ3) is 4.08. The third-order valence-corrected chi connectivity index (χ3v) is 4.18. The molecular weight excluding hydrogens is 272 g/mol. The molecule has 2 aromatic rings. The fourth-order valence-electron chi connectivity index (χ4n) is 1.83. The minimum Gasteiger partial charge on any atom is -0.479 e. The van der Waals surface area contributed by atoms with Gasteiger partial charge in [0.1, 0.15) is 0 Å². The van der Waals surface area contributed by atoms with Gasteiger partial charge in [-0.1, -0.05) is 72.4 Å². The highest BCUT2D eigenvalue weighted by Crippen LogP contribution is 2.36. The zero-order valence-electron chi connectivity index (χ0n) is 10.8. The Bertz CT molecular complexity index is 471. The first-order valence-electron chi connectivity index (χ1n) is 6.24. The van der Waals surface area contributed by atoms with Gasteiger partial charge in [-0.25, -0.2) is 0 Å². The molecule has 0 radical (unpaired) electrons. The van der Waals surface area contributed by atoms with E-state index in [1.54, 1.807) is 11.8 Å². The zero-order chi connectivity index (χ0) is 13.5. The second kappa shape index (κ2) is 7.31. The van der Waals surface area contributed by atoms with E-state index in [-0.39, 0.29) is 5.25 Å². The van der Waals surface area contributed by atoms with Crippen LogP contribution in [0.15, 0.2) is 60.7 Å². The first-order valence-corrected chi connectivity index (χ1v) is 7.53. The summed E-state index contributed by atoms with van der Waals surface area (Å²) in [4.78, 5) is 0. The Kier molecular flexibility index (Phi) is 5.43. The summed E-state index contributed by atoms with van der Waals surface area (Å²) >= 11 is 6.85. The number of benzene rings is 2. The van der Waals surface area contributed by atoms with Crippen LogP contribution in [-0.2, 0) is 4.74 Å². The zero-order valence-corrected chi connectivity index (χ0v) is 12.4. The maximum absolute atomic E-state index is 5.41. The SMILES string of the molecule is CCOC(=S)SC(c1ccccc1)c1ccccc1. The van der Waals surface area contributed by atoms with Crippen molar-refractivity contribution in [2.24, 2.45) is 0 Å². The van der Waals surface area contributed by atoms with Crippen molar-refractivity contribution in [1.29, 1.82) is 0 Å². The van der Waals surface area contributed by atoms with Gasteiger partial charge in [0.15, 0.2) is 0 Å². The molecule has 0 amide bonds. The molecule has 0 saturated carbocycles. The average Bonchev–Trinajstić information content (AvgIpc) is 2.47. The molecule has 0 aliphatic rings. The summed E-state index contributed by atoms with van der Waals surface area (Å²) in [7, 11) is 0. The van der Waals surface area contributed by atoms with Crippen molar-refractivity contribution >= 4 is 28.4 Å². The Labute approximate surface area is 124 Å². The molecule has 98 valence electrons. The molecule has 0 heterocycles. The van der Waals surface area contributed by atoms with E-state index in [1.165, 1.54) is 11.1 Å². The van der Waals surface area contributed by atoms with E-state index in [2.05, 4.69) is 48.5 Å². The second-order valence-electron chi connectivity index (χ2n) is 4.00. The van der Waals surface area contributed by atoms with Crippen LogP contribution in [0.3, 0.4) is 0 Å². The summed E-state index contributed by atoms with van der Waals surface area (Å²) in [6.07, 6.45) is 0. The molecule has 0 saturated heterocycles. The van der Waals surface area contributed by atoms with Gasteiger partial charge in [-0.15, -0.1) is 0 Å². The standard InChI is InChI=1S/C16H16OS2/c1-2-17-16(18)19-15(13-9-5-3-6-10-13)14-11-7-4-8-12-14/h3-12,15H,2H2,1H3. The van der Waals surface area contributed by atoms with Gasteiger partial charge in [-0.3, -0.25) is 0 Å². The van der Waals surface area contributed by atoms with Crippen molar-refractivity contribution in [3.63, 3.8) is 0 Å². The quantitative estimate of drug-likeness (QED) is 0.746. The maximum atomic E-state index is 5.41. The van der Waals surface area contributed by atoms with E-state index >= 15 is 0 Å². The number of ether oxygens (including phenoxy) is 1.